The van der Waals surface area contributed by atoms with E-state index in [-0.39, 0.29) is 12.1 Å². The maximum absolute atomic E-state index is 12.9. The SMILES string of the molecule is COc1cccc([C@H](C)NC(=O)N2CCN(c3ncnc4[nH]c(-c5ccc(C#N)cc5)cc34)CC2)c1. The number of nitrogens with one attached hydrogen (secondary N) is 2. The highest BCUT2D eigenvalue weighted by Gasteiger charge is 2.25. The van der Waals surface area contributed by atoms with Crippen molar-refractivity contribution < 1.29 is 9.53 Å². The molecule has 9 heteroatoms. The van der Waals surface area contributed by atoms with Gasteiger partial charge in [-0.1, -0.05) is 24.3 Å². The van der Waals surface area contributed by atoms with Crippen molar-refractivity contribution in [1.82, 2.24) is 25.2 Å². The first-order chi connectivity index (χ1) is 17.6. The Morgan fingerprint density at radius 1 is 1.11 bits per heavy atom. The quantitative estimate of drug-likeness (QED) is 0.444. The Labute approximate surface area is 209 Å². The number of carbonyl (C=O) groups is 1. The van der Waals surface area contributed by atoms with Gasteiger partial charge in [-0.15, -0.1) is 0 Å². The fourth-order valence-electron chi connectivity index (χ4n) is 4.45. The molecule has 2 N–H and O–H groups in total. The fraction of sp³-hybridized carbons (Fsp3) is 0.259. The van der Waals surface area contributed by atoms with E-state index in [0.29, 0.717) is 31.7 Å². The zero-order valence-corrected chi connectivity index (χ0v) is 20.2. The Bertz CT molecular complexity index is 1420. The fourth-order valence-corrected chi connectivity index (χ4v) is 4.45. The van der Waals surface area contributed by atoms with Crippen molar-refractivity contribution in [3.8, 4) is 23.1 Å². The lowest BCUT2D eigenvalue weighted by Gasteiger charge is -2.36. The number of amides is 2. The van der Waals surface area contributed by atoms with Gasteiger partial charge in [-0.05, 0) is 48.4 Å². The van der Waals surface area contributed by atoms with Gasteiger partial charge >= 0.3 is 6.03 Å². The van der Waals surface area contributed by atoms with Crippen molar-refractivity contribution in [2.24, 2.45) is 0 Å². The molecule has 0 spiro atoms. The second-order valence-corrected chi connectivity index (χ2v) is 8.75. The van der Waals surface area contributed by atoms with E-state index in [0.717, 1.165) is 39.4 Å². The Balaban J connectivity index is 1.26. The summed E-state index contributed by atoms with van der Waals surface area (Å²) in [5.41, 5.74) is 4.27. The number of fused-ring (bicyclic) bond motifs is 1. The van der Waals surface area contributed by atoms with Crippen LogP contribution in [0.1, 0.15) is 24.1 Å². The largest absolute Gasteiger partial charge is 0.497 e. The number of methoxy groups -OCH3 is 1. The normalized spacial score (nSPS) is 14.4. The molecule has 5 rings (SSSR count). The molecule has 0 aliphatic carbocycles. The topological polar surface area (TPSA) is 110 Å². The number of hydrogen-bond acceptors (Lipinski definition) is 6. The van der Waals surface area contributed by atoms with Gasteiger partial charge in [-0.25, -0.2) is 14.8 Å². The average molecular weight is 482 g/mol. The van der Waals surface area contributed by atoms with Crippen LogP contribution >= 0.6 is 0 Å². The number of anilines is 1. The third-order valence-corrected chi connectivity index (χ3v) is 6.53. The molecule has 2 aromatic heterocycles. The lowest BCUT2D eigenvalue weighted by atomic mass is 10.1. The van der Waals surface area contributed by atoms with Gasteiger partial charge in [-0.2, -0.15) is 5.26 Å². The van der Waals surface area contributed by atoms with Gasteiger partial charge in [0.25, 0.3) is 0 Å². The number of carbonyl (C=O) groups excluding carboxylic acids is 1. The molecule has 0 bridgehead atoms. The minimum absolute atomic E-state index is 0.0810. The van der Waals surface area contributed by atoms with Gasteiger partial charge in [-0.3, -0.25) is 0 Å². The highest BCUT2D eigenvalue weighted by Crippen LogP contribution is 2.29. The molecule has 4 aromatic rings. The molecule has 1 fully saturated rings. The van der Waals surface area contributed by atoms with Crippen molar-refractivity contribution in [3.05, 3.63) is 72.1 Å². The number of nitriles is 1. The van der Waals surface area contributed by atoms with E-state index in [1.807, 2.05) is 54.3 Å². The minimum Gasteiger partial charge on any atom is -0.497 e. The van der Waals surface area contributed by atoms with E-state index in [4.69, 9.17) is 10.00 Å². The zero-order chi connectivity index (χ0) is 25.1. The van der Waals surface area contributed by atoms with E-state index >= 15 is 0 Å². The molecule has 9 nitrogen and oxygen atoms in total. The molecule has 0 radical (unpaired) electrons. The summed E-state index contributed by atoms with van der Waals surface area (Å²) in [6, 6.07) is 19.1. The van der Waals surface area contributed by atoms with Gasteiger partial charge in [0.05, 0.1) is 30.2 Å². The summed E-state index contributed by atoms with van der Waals surface area (Å²) in [7, 11) is 1.63. The predicted octanol–water partition coefficient (Wildman–Crippen LogP) is 4.10. The van der Waals surface area contributed by atoms with Crippen molar-refractivity contribution in [2.45, 2.75) is 13.0 Å². The average Bonchev–Trinajstić information content (AvgIpc) is 3.38. The Hall–Kier alpha value is -4.58. The maximum Gasteiger partial charge on any atom is 0.317 e. The molecule has 1 aliphatic heterocycles. The van der Waals surface area contributed by atoms with Crippen LogP contribution < -0.4 is 15.0 Å². The highest BCUT2D eigenvalue weighted by molar-refractivity contribution is 5.92. The molecule has 1 saturated heterocycles. The molecule has 0 unspecified atom stereocenters. The smallest absolute Gasteiger partial charge is 0.317 e. The third-order valence-electron chi connectivity index (χ3n) is 6.53. The molecule has 0 saturated carbocycles. The summed E-state index contributed by atoms with van der Waals surface area (Å²) in [5.74, 6) is 1.62. The molecule has 1 aliphatic rings. The molecular formula is C27H27N7O2. The van der Waals surface area contributed by atoms with E-state index in [1.54, 1.807) is 25.6 Å². The number of aromatic amines is 1. The van der Waals surface area contributed by atoms with Crippen LogP contribution in [0.5, 0.6) is 5.75 Å². The Morgan fingerprint density at radius 2 is 1.89 bits per heavy atom. The monoisotopic (exact) mass is 481 g/mol. The number of piperazine rings is 1. The van der Waals surface area contributed by atoms with Gasteiger partial charge in [0.1, 0.15) is 23.5 Å². The molecule has 2 amide bonds. The maximum atomic E-state index is 12.9. The van der Waals surface area contributed by atoms with Gasteiger partial charge < -0.3 is 24.8 Å². The summed E-state index contributed by atoms with van der Waals surface area (Å²) in [4.78, 5) is 29.3. The first-order valence-corrected chi connectivity index (χ1v) is 11.8. The van der Waals surface area contributed by atoms with Crippen LogP contribution in [0.3, 0.4) is 0 Å². The lowest BCUT2D eigenvalue weighted by Crippen LogP contribution is -2.52. The zero-order valence-electron chi connectivity index (χ0n) is 20.2. The van der Waals surface area contributed by atoms with Crippen molar-refractivity contribution in [1.29, 1.82) is 5.26 Å². The number of hydrogen-bond donors (Lipinski definition) is 2. The standard InChI is InChI=1S/C27H27N7O2/c1-18(21-4-3-5-22(14-21)36-2)31-27(35)34-12-10-33(11-13-34)26-23-15-24(32-25(23)29-17-30-26)20-8-6-19(16-28)7-9-20/h3-9,14-15,17-18H,10-13H2,1-2H3,(H,31,35)(H,29,30,32)/t18-/m0/s1. The summed E-state index contributed by atoms with van der Waals surface area (Å²) < 4.78 is 5.29. The van der Waals surface area contributed by atoms with E-state index < -0.39 is 0 Å². The van der Waals surface area contributed by atoms with Crippen LogP contribution in [-0.4, -0.2) is 59.2 Å². The molecule has 36 heavy (non-hydrogen) atoms. The summed E-state index contributed by atoms with van der Waals surface area (Å²) in [5, 5.41) is 13.1. The number of urea groups is 1. The van der Waals surface area contributed by atoms with Gasteiger partial charge in [0.15, 0.2) is 0 Å². The van der Waals surface area contributed by atoms with Crippen molar-refractivity contribution in [3.63, 3.8) is 0 Å². The number of benzene rings is 2. The van der Waals surface area contributed by atoms with Gasteiger partial charge in [0.2, 0.25) is 0 Å². The van der Waals surface area contributed by atoms with Crippen LogP contribution in [-0.2, 0) is 0 Å². The molecule has 3 heterocycles. The van der Waals surface area contributed by atoms with E-state index in [1.165, 1.54) is 0 Å². The number of ether oxygens (including phenoxy) is 1. The number of aromatic nitrogens is 3. The molecular weight excluding hydrogens is 454 g/mol. The summed E-state index contributed by atoms with van der Waals surface area (Å²) in [6.07, 6.45) is 1.56. The second kappa shape index (κ2) is 9.96. The molecule has 2 aromatic carbocycles. The lowest BCUT2D eigenvalue weighted by molar-refractivity contribution is 0.191. The number of H-pyrrole nitrogens is 1. The third kappa shape index (κ3) is 4.66. The number of rotatable bonds is 5. The molecule has 1 atom stereocenters. The summed E-state index contributed by atoms with van der Waals surface area (Å²) in [6.45, 7) is 4.50. The van der Waals surface area contributed by atoms with Crippen LogP contribution in [0.4, 0.5) is 10.6 Å². The Kier molecular flexibility index (Phi) is 6.41. The summed E-state index contributed by atoms with van der Waals surface area (Å²) >= 11 is 0. The minimum atomic E-state index is -0.132. The number of nitrogens with zero attached hydrogens (tertiary/aromatic N) is 5. The molecule has 182 valence electrons. The Morgan fingerprint density at radius 3 is 2.61 bits per heavy atom. The highest BCUT2D eigenvalue weighted by atomic mass is 16.5. The predicted molar refractivity (Wildman–Crippen MR) is 138 cm³/mol. The van der Waals surface area contributed by atoms with Crippen LogP contribution in [0.2, 0.25) is 0 Å². The van der Waals surface area contributed by atoms with Crippen molar-refractivity contribution >= 4 is 22.9 Å². The van der Waals surface area contributed by atoms with Gasteiger partial charge in [0, 0.05) is 31.9 Å². The first kappa shape index (κ1) is 23.2. The van der Waals surface area contributed by atoms with Crippen LogP contribution in [0.15, 0.2) is 60.9 Å². The first-order valence-electron chi connectivity index (χ1n) is 11.8. The van der Waals surface area contributed by atoms with Crippen LogP contribution in [0.25, 0.3) is 22.3 Å². The van der Waals surface area contributed by atoms with E-state index in [9.17, 15) is 4.79 Å². The van der Waals surface area contributed by atoms with E-state index in [2.05, 4.69) is 31.2 Å². The van der Waals surface area contributed by atoms with Crippen molar-refractivity contribution in [2.75, 3.05) is 38.2 Å². The van der Waals surface area contributed by atoms with Crippen LogP contribution in [0, 0.1) is 11.3 Å². The second-order valence-electron chi connectivity index (χ2n) is 8.75.